The third-order valence-electron chi connectivity index (χ3n) is 2.12. The van der Waals surface area contributed by atoms with E-state index >= 15 is 0 Å². The number of hydrogen-bond acceptors (Lipinski definition) is 1. The molecule has 84 valence electrons. The lowest BCUT2D eigenvalue weighted by Gasteiger charge is -2.12. The van der Waals surface area contributed by atoms with E-state index in [0.717, 1.165) is 17.5 Å². The molecule has 1 atom stereocenters. The van der Waals surface area contributed by atoms with Gasteiger partial charge in [0.05, 0.1) is 6.10 Å². The quantitative estimate of drug-likeness (QED) is 0.734. The van der Waals surface area contributed by atoms with Crippen LogP contribution in [0.1, 0.15) is 26.3 Å². The summed E-state index contributed by atoms with van der Waals surface area (Å²) in [5.74, 6) is 1.64. The van der Waals surface area contributed by atoms with Crippen molar-refractivity contribution in [1.82, 2.24) is 0 Å². The van der Waals surface area contributed by atoms with Crippen LogP contribution in [-0.2, 0) is 6.42 Å². The first kappa shape index (κ1) is 12.6. The van der Waals surface area contributed by atoms with E-state index in [1.165, 1.54) is 5.56 Å². The first-order valence-electron chi connectivity index (χ1n) is 5.43. The van der Waals surface area contributed by atoms with Crippen LogP contribution in [0.25, 0.3) is 0 Å². The van der Waals surface area contributed by atoms with Gasteiger partial charge in [-0.25, -0.2) is 0 Å². The fourth-order valence-electron chi connectivity index (χ4n) is 1.47. The number of halogens is 1. The normalized spacial score (nSPS) is 12.9. The molecule has 0 aliphatic rings. The van der Waals surface area contributed by atoms with E-state index in [0.29, 0.717) is 5.92 Å². The van der Waals surface area contributed by atoms with Gasteiger partial charge in [0.1, 0.15) is 5.75 Å². The monoisotopic (exact) mass is 270 g/mol. The minimum atomic E-state index is 0.244. The molecule has 1 unspecified atom stereocenters. The molecule has 0 bridgehead atoms. The molecule has 0 N–H and O–H groups in total. The van der Waals surface area contributed by atoms with Crippen LogP contribution in [0.15, 0.2) is 24.3 Å². The summed E-state index contributed by atoms with van der Waals surface area (Å²) in [5.41, 5.74) is 1.35. The van der Waals surface area contributed by atoms with Gasteiger partial charge in [0.25, 0.3) is 0 Å². The molecule has 1 aromatic rings. The molecular formula is C13H19BrO. The Morgan fingerprint density at radius 3 is 2.60 bits per heavy atom. The van der Waals surface area contributed by atoms with E-state index in [1.54, 1.807) is 0 Å². The topological polar surface area (TPSA) is 9.23 Å². The second kappa shape index (κ2) is 6.16. The number of rotatable bonds is 5. The van der Waals surface area contributed by atoms with Crippen molar-refractivity contribution in [2.75, 3.05) is 5.33 Å². The lowest BCUT2D eigenvalue weighted by Crippen LogP contribution is -2.06. The van der Waals surface area contributed by atoms with Gasteiger partial charge in [0, 0.05) is 5.33 Å². The maximum absolute atomic E-state index is 5.66. The second-order valence-corrected chi connectivity index (χ2v) is 4.93. The molecule has 1 rings (SSSR count). The van der Waals surface area contributed by atoms with Crippen molar-refractivity contribution in [3.8, 4) is 5.75 Å². The number of ether oxygens (including phenoxy) is 1. The van der Waals surface area contributed by atoms with Crippen molar-refractivity contribution in [2.45, 2.75) is 33.3 Å². The minimum absolute atomic E-state index is 0.244. The van der Waals surface area contributed by atoms with Crippen LogP contribution in [0.4, 0.5) is 0 Å². The lowest BCUT2D eigenvalue weighted by molar-refractivity contribution is 0.242. The van der Waals surface area contributed by atoms with Crippen LogP contribution in [-0.4, -0.2) is 11.4 Å². The van der Waals surface area contributed by atoms with E-state index < -0.39 is 0 Å². The average molecular weight is 271 g/mol. The summed E-state index contributed by atoms with van der Waals surface area (Å²) in [6.45, 7) is 6.34. The summed E-state index contributed by atoms with van der Waals surface area (Å²) in [5, 5.41) is 1.04. The zero-order chi connectivity index (χ0) is 11.3. The molecular weight excluding hydrogens is 252 g/mol. The standard InChI is InChI=1S/C13H19BrO/c1-10(2)15-13-6-4-5-12(8-13)7-11(3)9-14/h4-6,8,10-11H,7,9H2,1-3H3. The smallest absolute Gasteiger partial charge is 0.119 e. The first-order valence-corrected chi connectivity index (χ1v) is 6.55. The molecule has 1 nitrogen and oxygen atoms in total. The molecule has 0 aromatic heterocycles. The average Bonchev–Trinajstić information content (AvgIpc) is 2.17. The summed E-state index contributed by atoms with van der Waals surface area (Å²) in [6, 6.07) is 8.38. The predicted octanol–water partition coefficient (Wildman–Crippen LogP) is 4.05. The molecule has 0 fully saturated rings. The fraction of sp³-hybridized carbons (Fsp3) is 0.538. The lowest BCUT2D eigenvalue weighted by atomic mass is 10.0. The van der Waals surface area contributed by atoms with Gasteiger partial charge in [0.15, 0.2) is 0 Å². The second-order valence-electron chi connectivity index (χ2n) is 4.28. The highest BCUT2D eigenvalue weighted by Crippen LogP contribution is 2.18. The van der Waals surface area contributed by atoms with Gasteiger partial charge >= 0.3 is 0 Å². The van der Waals surface area contributed by atoms with E-state index in [9.17, 15) is 0 Å². The number of alkyl halides is 1. The molecule has 15 heavy (non-hydrogen) atoms. The number of hydrogen-bond donors (Lipinski definition) is 0. The van der Waals surface area contributed by atoms with Gasteiger partial charge < -0.3 is 4.74 Å². The van der Waals surface area contributed by atoms with Crippen LogP contribution in [0.2, 0.25) is 0 Å². The molecule has 2 heteroatoms. The van der Waals surface area contributed by atoms with E-state index in [4.69, 9.17) is 4.74 Å². The Morgan fingerprint density at radius 2 is 2.00 bits per heavy atom. The van der Waals surface area contributed by atoms with Crippen LogP contribution >= 0.6 is 15.9 Å². The van der Waals surface area contributed by atoms with E-state index in [1.807, 2.05) is 19.9 Å². The van der Waals surface area contributed by atoms with Crippen molar-refractivity contribution >= 4 is 15.9 Å². The maximum Gasteiger partial charge on any atom is 0.119 e. The molecule has 0 aliphatic heterocycles. The maximum atomic E-state index is 5.66. The molecule has 1 aromatic carbocycles. The van der Waals surface area contributed by atoms with Gasteiger partial charge in [0.2, 0.25) is 0 Å². The Bertz CT molecular complexity index is 296. The molecule has 0 radical (unpaired) electrons. The van der Waals surface area contributed by atoms with Gasteiger partial charge in [-0.1, -0.05) is 35.0 Å². The van der Waals surface area contributed by atoms with Crippen molar-refractivity contribution in [3.63, 3.8) is 0 Å². The Labute approximate surface area is 101 Å². The highest BCUT2D eigenvalue weighted by atomic mass is 79.9. The van der Waals surface area contributed by atoms with Crippen molar-refractivity contribution in [2.24, 2.45) is 5.92 Å². The molecule has 0 spiro atoms. The Hall–Kier alpha value is -0.500. The first-order chi connectivity index (χ1) is 7.11. The van der Waals surface area contributed by atoms with E-state index in [-0.39, 0.29) is 6.10 Å². The number of benzene rings is 1. The Kier molecular flexibility index (Phi) is 5.16. The summed E-state index contributed by atoms with van der Waals surface area (Å²) >= 11 is 3.50. The summed E-state index contributed by atoms with van der Waals surface area (Å²) in [7, 11) is 0. The highest BCUT2D eigenvalue weighted by molar-refractivity contribution is 9.09. The summed E-state index contributed by atoms with van der Waals surface area (Å²) in [6.07, 6.45) is 1.34. The Balaban J connectivity index is 2.65. The van der Waals surface area contributed by atoms with Crippen LogP contribution in [0.3, 0.4) is 0 Å². The van der Waals surface area contributed by atoms with Gasteiger partial charge in [-0.3, -0.25) is 0 Å². The zero-order valence-corrected chi connectivity index (χ0v) is 11.3. The fourth-order valence-corrected chi connectivity index (χ4v) is 1.70. The van der Waals surface area contributed by atoms with Gasteiger partial charge in [-0.15, -0.1) is 0 Å². The zero-order valence-electron chi connectivity index (χ0n) is 9.66. The third-order valence-corrected chi connectivity index (χ3v) is 3.22. The molecule has 0 aliphatic carbocycles. The predicted molar refractivity (Wildman–Crippen MR) is 68.9 cm³/mol. The van der Waals surface area contributed by atoms with Gasteiger partial charge in [-0.2, -0.15) is 0 Å². The molecule has 0 amide bonds. The van der Waals surface area contributed by atoms with Crippen LogP contribution < -0.4 is 4.74 Å². The summed E-state index contributed by atoms with van der Waals surface area (Å²) in [4.78, 5) is 0. The minimum Gasteiger partial charge on any atom is -0.491 e. The SMILES string of the molecule is CC(CBr)Cc1cccc(OC(C)C)c1. The van der Waals surface area contributed by atoms with Crippen molar-refractivity contribution < 1.29 is 4.74 Å². The molecule has 0 heterocycles. The molecule has 0 saturated carbocycles. The molecule has 0 saturated heterocycles. The third kappa shape index (κ3) is 4.70. The largest absolute Gasteiger partial charge is 0.491 e. The van der Waals surface area contributed by atoms with E-state index in [2.05, 4.69) is 41.1 Å². The summed E-state index contributed by atoms with van der Waals surface area (Å²) < 4.78 is 5.66. The van der Waals surface area contributed by atoms with Crippen LogP contribution in [0, 0.1) is 5.92 Å². The van der Waals surface area contributed by atoms with Crippen molar-refractivity contribution in [3.05, 3.63) is 29.8 Å². The Morgan fingerprint density at radius 1 is 1.27 bits per heavy atom. The highest BCUT2D eigenvalue weighted by Gasteiger charge is 2.03. The van der Waals surface area contributed by atoms with Gasteiger partial charge in [-0.05, 0) is 43.9 Å². The van der Waals surface area contributed by atoms with Crippen molar-refractivity contribution in [1.29, 1.82) is 0 Å². The van der Waals surface area contributed by atoms with Crippen LogP contribution in [0.5, 0.6) is 5.75 Å².